The zero-order valence-electron chi connectivity index (χ0n) is 22.5. The van der Waals surface area contributed by atoms with Gasteiger partial charge in [-0.1, -0.05) is 67.1 Å². The molecule has 2 aromatic carbocycles. The van der Waals surface area contributed by atoms with Gasteiger partial charge in [0.1, 0.15) is 12.6 Å². The number of nitrogens with one attached hydrogen (secondary N) is 1. The minimum absolute atomic E-state index is 0.0522. The number of nitrogens with zero attached hydrogens (tertiary/aromatic N) is 2. The van der Waals surface area contributed by atoms with Gasteiger partial charge in [0.25, 0.3) is 0 Å². The largest absolute Gasteiger partial charge is 0.416 e. The van der Waals surface area contributed by atoms with Crippen LogP contribution in [0.4, 0.5) is 18.9 Å². The summed E-state index contributed by atoms with van der Waals surface area (Å²) in [6.45, 7) is 0.673. The molecule has 1 unspecified atom stereocenters. The molecule has 0 aliphatic heterocycles. The number of amides is 2. The highest BCUT2D eigenvalue weighted by Gasteiger charge is 2.35. The number of anilines is 1. The SMILES string of the molecule is CCC(C(=O)NC1CCCCC1)N(Cc1ccc(Cl)c(Cl)c1)C(=O)CN(c1cc(C(F)(F)F)ccc1Cl)S(C)(=O)=O. The van der Waals surface area contributed by atoms with Gasteiger partial charge in [0.05, 0.1) is 32.6 Å². The molecule has 1 fully saturated rings. The van der Waals surface area contributed by atoms with E-state index in [2.05, 4.69) is 5.32 Å². The first-order valence-corrected chi connectivity index (χ1v) is 16.0. The summed E-state index contributed by atoms with van der Waals surface area (Å²) in [6, 6.07) is 5.81. The van der Waals surface area contributed by atoms with Gasteiger partial charge in [-0.3, -0.25) is 13.9 Å². The van der Waals surface area contributed by atoms with Crippen molar-refractivity contribution in [3.63, 3.8) is 0 Å². The number of carbonyl (C=O) groups is 2. The summed E-state index contributed by atoms with van der Waals surface area (Å²) in [5.41, 5.74) is -1.13. The number of hydrogen-bond donors (Lipinski definition) is 1. The second kappa shape index (κ2) is 13.8. The van der Waals surface area contributed by atoms with Crippen LogP contribution in [0.3, 0.4) is 0 Å². The lowest BCUT2D eigenvalue weighted by atomic mass is 9.95. The van der Waals surface area contributed by atoms with Gasteiger partial charge in [0.2, 0.25) is 21.8 Å². The fraction of sp³-hybridized carbons (Fsp3) is 0.481. The molecule has 0 aromatic heterocycles. The molecular formula is C27H31Cl3F3N3O4S. The van der Waals surface area contributed by atoms with Crippen LogP contribution in [-0.4, -0.2) is 50.0 Å². The highest BCUT2D eigenvalue weighted by Crippen LogP contribution is 2.36. The van der Waals surface area contributed by atoms with Gasteiger partial charge in [-0.05, 0) is 55.2 Å². The summed E-state index contributed by atoms with van der Waals surface area (Å²) in [5, 5.41) is 3.19. The molecule has 0 heterocycles. The Labute approximate surface area is 253 Å². The summed E-state index contributed by atoms with van der Waals surface area (Å²) in [6.07, 6.45) is 0.783. The molecule has 3 rings (SSSR count). The second-order valence-electron chi connectivity index (χ2n) is 9.97. The van der Waals surface area contributed by atoms with Crippen molar-refractivity contribution in [3.05, 3.63) is 62.6 Å². The average molecular weight is 657 g/mol. The van der Waals surface area contributed by atoms with Gasteiger partial charge in [-0.2, -0.15) is 13.2 Å². The monoisotopic (exact) mass is 655 g/mol. The van der Waals surface area contributed by atoms with E-state index < -0.39 is 51.9 Å². The van der Waals surface area contributed by atoms with E-state index in [4.69, 9.17) is 34.8 Å². The fourth-order valence-corrected chi connectivity index (χ4v) is 6.22. The molecule has 14 heteroatoms. The summed E-state index contributed by atoms with van der Waals surface area (Å²) >= 11 is 18.3. The van der Waals surface area contributed by atoms with E-state index in [1.54, 1.807) is 13.0 Å². The van der Waals surface area contributed by atoms with Crippen LogP contribution in [0.1, 0.15) is 56.6 Å². The molecular weight excluding hydrogens is 626 g/mol. The Balaban J connectivity index is 2.00. The molecule has 0 saturated heterocycles. The minimum Gasteiger partial charge on any atom is -0.352 e. The summed E-state index contributed by atoms with van der Waals surface area (Å²) in [7, 11) is -4.30. The molecule has 0 bridgehead atoms. The molecule has 0 radical (unpaired) electrons. The van der Waals surface area contributed by atoms with E-state index in [0.29, 0.717) is 22.0 Å². The molecule has 2 amide bonds. The molecule has 1 aliphatic rings. The van der Waals surface area contributed by atoms with Crippen molar-refractivity contribution < 1.29 is 31.2 Å². The van der Waals surface area contributed by atoms with Gasteiger partial charge in [0, 0.05) is 12.6 Å². The molecule has 2 aromatic rings. The van der Waals surface area contributed by atoms with E-state index in [-0.39, 0.29) is 34.1 Å². The van der Waals surface area contributed by atoms with E-state index in [1.165, 1.54) is 17.0 Å². The van der Waals surface area contributed by atoms with Crippen molar-refractivity contribution in [1.82, 2.24) is 10.2 Å². The second-order valence-corrected chi connectivity index (χ2v) is 13.1. The smallest absolute Gasteiger partial charge is 0.352 e. The van der Waals surface area contributed by atoms with Crippen molar-refractivity contribution in [2.24, 2.45) is 0 Å². The van der Waals surface area contributed by atoms with Crippen LogP contribution in [0.25, 0.3) is 0 Å². The van der Waals surface area contributed by atoms with Crippen LogP contribution >= 0.6 is 34.8 Å². The van der Waals surface area contributed by atoms with Gasteiger partial charge < -0.3 is 10.2 Å². The minimum atomic E-state index is -4.78. The van der Waals surface area contributed by atoms with Gasteiger partial charge >= 0.3 is 6.18 Å². The van der Waals surface area contributed by atoms with Crippen LogP contribution in [0.5, 0.6) is 0 Å². The predicted octanol–water partition coefficient (Wildman–Crippen LogP) is 6.69. The Morgan fingerprint density at radius 1 is 1.00 bits per heavy atom. The van der Waals surface area contributed by atoms with Crippen molar-refractivity contribution in [3.8, 4) is 0 Å². The van der Waals surface area contributed by atoms with Crippen LogP contribution in [0, 0.1) is 0 Å². The lowest BCUT2D eigenvalue weighted by Crippen LogP contribution is -2.54. The predicted molar refractivity (Wildman–Crippen MR) is 155 cm³/mol. The molecule has 1 N–H and O–H groups in total. The molecule has 41 heavy (non-hydrogen) atoms. The number of carbonyl (C=O) groups excluding carboxylic acids is 2. The number of benzene rings is 2. The van der Waals surface area contributed by atoms with Gasteiger partial charge in [-0.15, -0.1) is 0 Å². The maximum Gasteiger partial charge on any atom is 0.416 e. The highest BCUT2D eigenvalue weighted by molar-refractivity contribution is 7.92. The topological polar surface area (TPSA) is 86.8 Å². The van der Waals surface area contributed by atoms with Crippen molar-refractivity contribution in [1.29, 1.82) is 0 Å². The van der Waals surface area contributed by atoms with E-state index in [9.17, 15) is 31.2 Å². The van der Waals surface area contributed by atoms with Crippen LogP contribution in [0.15, 0.2) is 36.4 Å². The van der Waals surface area contributed by atoms with Crippen molar-refractivity contribution in [2.45, 2.75) is 70.3 Å². The lowest BCUT2D eigenvalue weighted by Gasteiger charge is -2.34. The van der Waals surface area contributed by atoms with Crippen LogP contribution < -0.4 is 9.62 Å². The Bertz CT molecular complexity index is 1370. The third kappa shape index (κ3) is 8.89. The maximum atomic E-state index is 13.8. The lowest BCUT2D eigenvalue weighted by molar-refractivity contribution is -0.140. The van der Waals surface area contributed by atoms with Crippen LogP contribution in [-0.2, 0) is 32.3 Å². The first kappa shape index (κ1) is 33.3. The third-order valence-corrected chi connectivity index (χ3v) is 9.08. The number of alkyl halides is 3. The Hall–Kier alpha value is -2.21. The zero-order chi connectivity index (χ0) is 30.5. The summed E-state index contributed by atoms with van der Waals surface area (Å²) < 4.78 is 66.4. The first-order chi connectivity index (χ1) is 19.1. The van der Waals surface area contributed by atoms with E-state index in [0.717, 1.165) is 44.4 Å². The number of rotatable bonds is 10. The molecule has 0 spiro atoms. The Morgan fingerprint density at radius 2 is 1.63 bits per heavy atom. The van der Waals surface area contributed by atoms with Crippen molar-refractivity contribution >= 4 is 62.3 Å². The third-order valence-electron chi connectivity index (χ3n) is 6.90. The quantitative estimate of drug-likeness (QED) is 0.309. The fourth-order valence-electron chi connectivity index (χ4n) is 4.77. The zero-order valence-corrected chi connectivity index (χ0v) is 25.6. The molecule has 1 atom stereocenters. The summed E-state index contributed by atoms with van der Waals surface area (Å²) in [4.78, 5) is 28.5. The molecule has 226 valence electrons. The van der Waals surface area contributed by atoms with Crippen molar-refractivity contribution in [2.75, 3.05) is 17.1 Å². The van der Waals surface area contributed by atoms with Crippen LogP contribution in [0.2, 0.25) is 15.1 Å². The average Bonchev–Trinajstić information content (AvgIpc) is 2.89. The number of sulfonamides is 1. The van der Waals surface area contributed by atoms with Gasteiger partial charge in [0.15, 0.2) is 0 Å². The first-order valence-electron chi connectivity index (χ1n) is 13.0. The Morgan fingerprint density at radius 3 is 2.20 bits per heavy atom. The maximum absolute atomic E-state index is 13.8. The highest BCUT2D eigenvalue weighted by atomic mass is 35.5. The Kier molecular flexibility index (Phi) is 11.2. The number of halogens is 6. The normalized spacial score (nSPS) is 15.3. The standard InChI is InChI=1S/C27H31Cl3F3N3O4S/c1-3-23(26(38)34-19-7-5-4-6-8-19)35(15-17-9-11-20(28)22(30)13-17)25(37)16-36(41(2,39)40)24-14-18(27(31,32)33)10-12-21(24)29/h9-14,19,23H,3-8,15-16H2,1-2H3,(H,34,38). The summed E-state index contributed by atoms with van der Waals surface area (Å²) in [5.74, 6) is -1.23. The molecule has 1 saturated carbocycles. The van der Waals surface area contributed by atoms with E-state index in [1.807, 2.05) is 0 Å². The van der Waals surface area contributed by atoms with E-state index >= 15 is 0 Å². The molecule has 7 nitrogen and oxygen atoms in total. The molecule has 1 aliphatic carbocycles. The number of hydrogen-bond acceptors (Lipinski definition) is 4. The van der Waals surface area contributed by atoms with Gasteiger partial charge in [-0.25, -0.2) is 8.42 Å².